The molecule has 0 unspecified atom stereocenters. The summed E-state index contributed by atoms with van der Waals surface area (Å²) in [7, 11) is 0. The second kappa shape index (κ2) is 3.36. The van der Waals surface area contributed by atoms with Crippen LogP contribution in [0.5, 0.6) is 0 Å². The van der Waals surface area contributed by atoms with Crippen molar-refractivity contribution < 1.29 is 4.79 Å². The van der Waals surface area contributed by atoms with Gasteiger partial charge in [-0.2, -0.15) is 0 Å². The molecule has 0 fully saturated rings. The number of thioether (sulfide) groups is 1. The van der Waals surface area contributed by atoms with Gasteiger partial charge in [0.2, 0.25) is 0 Å². The highest BCUT2D eigenvalue weighted by Gasteiger charge is 1.96. The molecule has 0 saturated heterocycles. The van der Waals surface area contributed by atoms with Crippen LogP contribution in [0.15, 0.2) is 5.16 Å². The lowest BCUT2D eigenvalue weighted by atomic mass is 10.8. The summed E-state index contributed by atoms with van der Waals surface area (Å²) in [5.74, 6) is 1.20. The van der Waals surface area contributed by atoms with Crippen molar-refractivity contribution in [3.05, 3.63) is 5.82 Å². The Hall–Kier alpha value is -0.840. The summed E-state index contributed by atoms with van der Waals surface area (Å²) in [6.07, 6.45) is 0.836. The summed E-state index contributed by atoms with van der Waals surface area (Å²) in [4.78, 5) is 12.8. The van der Waals surface area contributed by atoms with Crippen molar-refractivity contribution >= 4 is 18.0 Å². The molecule has 1 heterocycles. The van der Waals surface area contributed by atoms with E-state index in [4.69, 9.17) is 0 Å². The fraction of sp³-hybridized carbons (Fsp3) is 0.400. The Bertz CT molecular complexity index is 222. The topological polar surface area (TPSA) is 58.6 Å². The molecule has 1 aromatic heterocycles. The maximum atomic E-state index is 9.90. The molecule has 0 amide bonds. The third-order valence-electron chi connectivity index (χ3n) is 0.867. The lowest BCUT2D eigenvalue weighted by molar-refractivity contribution is -0.105. The third-order valence-corrected chi connectivity index (χ3v) is 1.63. The zero-order valence-electron chi connectivity index (χ0n) is 5.50. The molecule has 0 bridgehead atoms. The minimum atomic E-state index is 0.425. The number of rotatable bonds is 3. The maximum absolute atomic E-state index is 9.90. The first-order valence-electron chi connectivity index (χ1n) is 2.78. The number of carbonyl (C=O) groups is 1. The Kier molecular flexibility index (Phi) is 2.44. The van der Waals surface area contributed by atoms with Crippen LogP contribution >= 0.6 is 11.8 Å². The SMILES string of the molecule is Cc1nnc(SCC=O)[nH]1. The highest BCUT2D eigenvalue weighted by Crippen LogP contribution is 2.09. The highest BCUT2D eigenvalue weighted by atomic mass is 32.2. The number of hydrogen-bond donors (Lipinski definition) is 1. The van der Waals surface area contributed by atoms with E-state index in [1.165, 1.54) is 11.8 Å². The summed E-state index contributed by atoms with van der Waals surface area (Å²) >= 11 is 1.34. The van der Waals surface area contributed by atoms with Crippen LogP contribution in [-0.4, -0.2) is 27.2 Å². The fourth-order valence-corrected chi connectivity index (χ4v) is 1.05. The molecule has 0 aliphatic heterocycles. The molecule has 1 rings (SSSR count). The summed E-state index contributed by atoms with van der Waals surface area (Å²) in [5.41, 5.74) is 0. The number of aromatic nitrogens is 3. The Morgan fingerprint density at radius 1 is 1.70 bits per heavy atom. The second-order valence-corrected chi connectivity index (χ2v) is 2.70. The average Bonchev–Trinajstić information content (AvgIpc) is 2.31. The zero-order valence-corrected chi connectivity index (χ0v) is 6.31. The predicted molar refractivity (Wildman–Crippen MR) is 37.9 cm³/mol. The van der Waals surface area contributed by atoms with Crippen molar-refractivity contribution in [1.82, 2.24) is 15.2 Å². The van der Waals surface area contributed by atoms with Crippen LogP contribution in [0.4, 0.5) is 0 Å². The number of nitrogens with zero attached hydrogens (tertiary/aromatic N) is 2. The van der Waals surface area contributed by atoms with Gasteiger partial charge in [-0.05, 0) is 6.92 Å². The molecule has 0 spiro atoms. The highest BCUT2D eigenvalue weighted by molar-refractivity contribution is 7.99. The molecule has 1 aromatic rings. The fourth-order valence-electron chi connectivity index (χ4n) is 0.503. The predicted octanol–water partition coefficient (Wildman–Crippen LogP) is 0.404. The normalized spacial score (nSPS) is 9.70. The minimum absolute atomic E-state index is 0.425. The second-order valence-electron chi connectivity index (χ2n) is 1.69. The molecule has 0 aliphatic carbocycles. The summed E-state index contributed by atoms with van der Waals surface area (Å²) in [5, 5.41) is 8.18. The summed E-state index contributed by atoms with van der Waals surface area (Å²) in [6, 6.07) is 0. The Morgan fingerprint density at radius 3 is 3.00 bits per heavy atom. The van der Waals surface area contributed by atoms with Crippen LogP contribution in [0.25, 0.3) is 0 Å². The van der Waals surface area contributed by atoms with Crippen LogP contribution < -0.4 is 0 Å². The largest absolute Gasteiger partial charge is 0.320 e. The zero-order chi connectivity index (χ0) is 7.40. The first-order valence-corrected chi connectivity index (χ1v) is 3.77. The van der Waals surface area contributed by atoms with E-state index < -0.39 is 0 Å². The van der Waals surface area contributed by atoms with Gasteiger partial charge in [0.1, 0.15) is 12.1 Å². The quantitative estimate of drug-likeness (QED) is 0.509. The van der Waals surface area contributed by atoms with Crippen molar-refractivity contribution in [2.75, 3.05) is 5.75 Å². The first kappa shape index (κ1) is 7.27. The number of carbonyl (C=O) groups excluding carboxylic acids is 1. The van der Waals surface area contributed by atoms with Gasteiger partial charge in [0, 0.05) is 0 Å². The van der Waals surface area contributed by atoms with Crippen LogP contribution in [-0.2, 0) is 4.79 Å². The number of aromatic amines is 1. The number of aldehydes is 1. The van der Waals surface area contributed by atoms with Crippen molar-refractivity contribution in [2.24, 2.45) is 0 Å². The van der Waals surface area contributed by atoms with Crippen molar-refractivity contribution in [3.8, 4) is 0 Å². The summed E-state index contributed by atoms with van der Waals surface area (Å²) < 4.78 is 0. The van der Waals surface area contributed by atoms with Gasteiger partial charge >= 0.3 is 0 Å². The van der Waals surface area contributed by atoms with Crippen LogP contribution in [0.2, 0.25) is 0 Å². The van der Waals surface area contributed by atoms with E-state index in [2.05, 4.69) is 15.2 Å². The number of hydrogen-bond acceptors (Lipinski definition) is 4. The van der Waals surface area contributed by atoms with E-state index in [-0.39, 0.29) is 0 Å². The Balaban J connectivity index is 2.49. The van der Waals surface area contributed by atoms with E-state index in [0.717, 1.165) is 12.1 Å². The van der Waals surface area contributed by atoms with E-state index in [1.807, 2.05) is 6.92 Å². The van der Waals surface area contributed by atoms with E-state index in [0.29, 0.717) is 10.9 Å². The van der Waals surface area contributed by atoms with Crippen LogP contribution in [0.1, 0.15) is 5.82 Å². The van der Waals surface area contributed by atoms with Crippen molar-refractivity contribution in [2.45, 2.75) is 12.1 Å². The van der Waals surface area contributed by atoms with Crippen molar-refractivity contribution in [1.29, 1.82) is 0 Å². The van der Waals surface area contributed by atoms with Gasteiger partial charge in [-0.25, -0.2) is 0 Å². The van der Waals surface area contributed by atoms with Gasteiger partial charge in [-0.15, -0.1) is 10.2 Å². The van der Waals surface area contributed by atoms with Gasteiger partial charge < -0.3 is 9.78 Å². The van der Waals surface area contributed by atoms with Gasteiger partial charge in [-0.1, -0.05) is 11.8 Å². The Morgan fingerprint density at radius 2 is 2.50 bits per heavy atom. The lowest BCUT2D eigenvalue weighted by Crippen LogP contribution is -1.80. The van der Waals surface area contributed by atoms with E-state index in [1.54, 1.807) is 0 Å². The molecule has 0 atom stereocenters. The molecule has 10 heavy (non-hydrogen) atoms. The molecule has 0 radical (unpaired) electrons. The van der Waals surface area contributed by atoms with Crippen molar-refractivity contribution in [3.63, 3.8) is 0 Å². The molecule has 4 nitrogen and oxygen atoms in total. The van der Waals surface area contributed by atoms with Gasteiger partial charge in [-0.3, -0.25) is 0 Å². The molecular weight excluding hydrogens is 150 g/mol. The van der Waals surface area contributed by atoms with Gasteiger partial charge in [0.25, 0.3) is 0 Å². The average molecular weight is 157 g/mol. The van der Waals surface area contributed by atoms with Crippen LogP contribution in [0, 0.1) is 6.92 Å². The number of H-pyrrole nitrogens is 1. The molecule has 1 N–H and O–H groups in total. The van der Waals surface area contributed by atoms with E-state index >= 15 is 0 Å². The molecule has 54 valence electrons. The monoisotopic (exact) mass is 157 g/mol. The number of aryl methyl sites for hydroxylation is 1. The Labute approximate surface area is 62.4 Å². The molecule has 0 aromatic carbocycles. The van der Waals surface area contributed by atoms with Gasteiger partial charge in [0.15, 0.2) is 5.16 Å². The first-order chi connectivity index (χ1) is 4.83. The maximum Gasteiger partial charge on any atom is 0.188 e. The van der Waals surface area contributed by atoms with Crippen LogP contribution in [0.3, 0.4) is 0 Å². The summed E-state index contributed by atoms with van der Waals surface area (Å²) in [6.45, 7) is 1.82. The molecule has 0 saturated carbocycles. The minimum Gasteiger partial charge on any atom is -0.320 e. The lowest BCUT2D eigenvalue weighted by Gasteiger charge is -1.84. The third kappa shape index (κ3) is 1.84. The van der Waals surface area contributed by atoms with E-state index in [9.17, 15) is 4.79 Å². The standard InChI is InChI=1S/C5H7N3OS/c1-4-6-5(8-7-4)10-3-2-9/h2H,3H2,1H3,(H,6,7,8). The molecule has 5 heteroatoms. The smallest absolute Gasteiger partial charge is 0.188 e. The van der Waals surface area contributed by atoms with Gasteiger partial charge in [0.05, 0.1) is 5.75 Å². The molecular formula is C5H7N3OS. The molecule has 0 aliphatic rings. The number of nitrogens with one attached hydrogen (secondary N) is 1.